The number of benzene rings is 2. The van der Waals surface area contributed by atoms with E-state index in [-0.39, 0.29) is 23.3 Å². The Kier molecular flexibility index (Phi) is 5.65. The van der Waals surface area contributed by atoms with Crippen LogP contribution in [0, 0.1) is 0 Å². The van der Waals surface area contributed by atoms with E-state index in [0.29, 0.717) is 41.2 Å². The minimum atomic E-state index is -0.256. The van der Waals surface area contributed by atoms with E-state index in [9.17, 15) is 9.59 Å². The smallest absolute Gasteiger partial charge is 0.272 e. The predicted octanol–water partition coefficient (Wildman–Crippen LogP) is 2.98. The second kappa shape index (κ2) is 8.35. The molecule has 150 valence electrons. The SMILES string of the molecule is O=C(Cc1n[nH]c(=O)c2ccccc12)NCC1(c2ccc(Cl)cc2)CCOCC1. The van der Waals surface area contributed by atoms with Crippen LogP contribution >= 0.6 is 11.6 Å². The molecular weight excluding hydrogens is 390 g/mol. The van der Waals surface area contributed by atoms with Gasteiger partial charge in [0.05, 0.1) is 17.5 Å². The number of nitrogens with one attached hydrogen (secondary N) is 2. The van der Waals surface area contributed by atoms with Crippen LogP contribution in [0.1, 0.15) is 24.1 Å². The number of hydrogen-bond donors (Lipinski definition) is 2. The Bertz CT molecular complexity index is 1070. The fraction of sp³-hybridized carbons (Fsp3) is 0.318. The zero-order valence-electron chi connectivity index (χ0n) is 15.9. The summed E-state index contributed by atoms with van der Waals surface area (Å²) >= 11 is 6.05. The van der Waals surface area contributed by atoms with Crippen LogP contribution in [0.3, 0.4) is 0 Å². The topological polar surface area (TPSA) is 84.1 Å². The van der Waals surface area contributed by atoms with Gasteiger partial charge in [0, 0.05) is 35.6 Å². The Morgan fingerprint density at radius 3 is 2.52 bits per heavy atom. The molecule has 1 fully saturated rings. The van der Waals surface area contributed by atoms with Crippen LogP contribution in [-0.2, 0) is 21.4 Å². The quantitative estimate of drug-likeness (QED) is 0.676. The average molecular weight is 412 g/mol. The van der Waals surface area contributed by atoms with Crippen LogP contribution < -0.4 is 10.9 Å². The predicted molar refractivity (Wildman–Crippen MR) is 112 cm³/mol. The largest absolute Gasteiger partial charge is 0.381 e. The van der Waals surface area contributed by atoms with Crippen LogP contribution in [-0.4, -0.2) is 35.9 Å². The van der Waals surface area contributed by atoms with Crippen molar-refractivity contribution in [2.24, 2.45) is 0 Å². The van der Waals surface area contributed by atoms with Gasteiger partial charge < -0.3 is 10.1 Å². The zero-order valence-corrected chi connectivity index (χ0v) is 16.7. The first kappa shape index (κ1) is 19.6. The lowest BCUT2D eigenvalue weighted by atomic mass is 9.74. The number of H-pyrrole nitrogens is 1. The van der Waals surface area contributed by atoms with Gasteiger partial charge in [-0.1, -0.05) is 41.9 Å². The third-order valence-corrected chi connectivity index (χ3v) is 5.89. The molecule has 0 bridgehead atoms. The molecule has 0 spiro atoms. The molecule has 7 heteroatoms. The van der Waals surface area contributed by atoms with Gasteiger partial charge in [-0.05, 0) is 36.6 Å². The fourth-order valence-electron chi connectivity index (χ4n) is 3.92. The lowest BCUT2D eigenvalue weighted by Crippen LogP contribution is -2.45. The maximum Gasteiger partial charge on any atom is 0.272 e. The van der Waals surface area contributed by atoms with Gasteiger partial charge in [0.25, 0.3) is 5.56 Å². The second-order valence-corrected chi connectivity index (χ2v) is 7.83. The number of halogens is 1. The van der Waals surface area contributed by atoms with Gasteiger partial charge in [-0.2, -0.15) is 5.10 Å². The highest BCUT2D eigenvalue weighted by Gasteiger charge is 2.34. The molecule has 2 N–H and O–H groups in total. The number of amides is 1. The van der Waals surface area contributed by atoms with Crippen molar-refractivity contribution in [2.45, 2.75) is 24.7 Å². The van der Waals surface area contributed by atoms with Crippen molar-refractivity contribution < 1.29 is 9.53 Å². The van der Waals surface area contributed by atoms with E-state index >= 15 is 0 Å². The maximum atomic E-state index is 12.7. The Morgan fingerprint density at radius 2 is 1.79 bits per heavy atom. The lowest BCUT2D eigenvalue weighted by Gasteiger charge is -2.38. The second-order valence-electron chi connectivity index (χ2n) is 7.40. The summed E-state index contributed by atoms with van der Waals surface area (Å²) in [6.45, 7) is 1.83. The van der Waals surface area contributed by atoms with E-state index in [1.54, 1.807) is 12.1 Å². The molecule has 29 heavy (non-hydrogen) atoms. The molecule has 1 aliphatic rings. The third kappa shape index (κ3) is 4.18. The van der Waals surface area contributed by atoms with Gasteiger partial charge in [-0.15, -0.1) is 0 Å². The van der Waals surface area contributed by atoms with E-state index in [4.69, 9.17) is 16.3 Å². The molecule has 1 saturated heterocycles. The molecule has 2 heterocycles. The summed E-state index contributed by atoms with van der Waals surface area (Å²) in [6.07, 6.45) is 1.76. The summed E-state index contributed by atoms with van der Waals surface area (Å²) in [5.74, 6) is -0.130. The van der Waals surface area contributed by atoms with E-state index < -0.39 is 0 Å². The highest BCUT2D eigenvalue weighted by Crippen LogP contribution is 2.35. The third-order valence-electron chi connectivity index (χ3n) is 5.63. The van der Waals surface area contributed by atoms with Crippen molar-refractivity contribution in [3.63, 3.8) is 0 Å². The summed E-state index contributed by atoms with van der Waals surface area (Å²) in [5, 5.41) is 11.6. The van der Waals surface area contributed by atoms with E-state index in [1.165, 1.54) is 0 Å². The summed E-state index contributed by atoms with van der Waals surface area (Å²) in [6, 6.07) is 15.0. The van der Waals surface area contributed by atoms with Crippen molar-refractivity contribution in [1.82, 2.24) is 15.5 Å². The van der Waals surface area contributed by atoms with Crippen molar-refractivity contribution in [2.75, 3.05) is 19.8 Å². The van der Waals surface area contributed by atoms with Crippen LogP contribution in [0.2, 0.25) is 5.02 Å². The Balaban J connectivity index is 1.51. The number of fused-ring (bicyclic) bond motifs is 1. The van der Waals surface area contributed by atoms with Crippen molar-refractivity contribution >= 4 is 28.3 Å². The van der Waals surface area contributed by atoms with Gasteiger partial charge in [-0.25, -0.2) is 5.10 Å². The maximum absolute atomic E-state index is 12.7. The van der Waals surface area contributed by atoms with E-state index in [0.717, 1.165) is 18.4 Å². The molecule has 2 aromatic carbocycles. The average Bonchev–Trinajstić information content (AvgIpc) is 2.76. The molecule has 3 aromatic rings. The first-order valence-electron chi connectivity index (χ1n) is 9.64. The van der Waals surface area contributed by atoms with Gasteiger partial charge in [0.15, 0.2) is 0 Å². The summed E-state index contributed by atoms with van der Waals surface area (Å²) in [4.78, 5) is 24.6. The molecular formula is C22H22ClN3O3. The monoisotopic (exact) mass is 411 g/mol. The number of aromatic amines is 1. The molecule has 0 aliphatic carbocycles. The number of rotatable bonds is 5. The van der Waals surface area contributed by atoms with Crippen LogP contribution in [0.25, 0.3) is 10.8 Å². The molecule has 4 rings (SSSR count). The molecule has 1 amide bonds. The number of carbonyl (C=O) groups excluding carboxylic acids is 1. The molecule has 0 saturated carbocycles. The van der Waals surface area contributed by atoms with Crippen LogP contribution in [0.4, 0.5) is 0 Å². The number of ether oxygens (including phenoxy) is 1. The highest BCUT2D eigenvalue weighted by atomic mass is 35.5. The molecule has 6 nitrogen and oxygen atoms in total. The lowest BCUT2D eigenvalue weighted by molar-refractivity contribution is -0.121. The Hall–Kier alpha value is -2.70. The first-order chi connectivity index (χ1) is 14.1. The summed E-state index contributed by atoms with van der Waals surface area (Å²) < 4.78 is 5.55. The van der Waals surface area contributed by atoms with Crippen molar-refractivity contribution in [1.29, 1.82) is 0 Å². The highest BCUT2D eigenvalue weighted by molar-refractivity contribution is 6.30. The minimum absolute atomic E-state index is 0.102. The fourth-order valence-corrected chi connectivity index (χ4v) is 4.05. The molecule has 1 aromatic heterocycles. The number of aromatic nitrogens is 2. The van der Waals surface area contributed by atoms with Crippen molar-refractivity contribution in [3.05, 3.63) is 75.2 Å². The van der Waals surface area contributed by atoms with Gasteiger partial charge in [0.1, 0.15) is 0 Å². The molecule has 0 atom stereocenters. The van der Waals surface area contributed by atoms with Gasteiger partial charge in [-0.3, -0.25) is 9.59 Å². The van der Waals surface area contributed by atoms with Crippen LogP contribution in [0.15, 0.2) is 53.3 Å². The van der Waals surface area contributed by atoms with Gasteiger partial charge in [0.2, 0.25) is 5.91 Å². The molecule has 0 unspecified atom stereocenters. The van der Waals surface area contributed by atoms with E-state index in [1.807, 2.05) is 36.4 Å². The first-order valence-corrected chi connectivity index (χ1v) is 10.0. The standard InChI is InChI=1S/C22H22ClN3O3/c23-16-7-5-15(6-8-16)22(9-11-29-12-10-22)14-24-20(27)13-19-17-3-1-2-4-18(17)21(28)26-25-19/h1-8H,9-14H2,(H,24,27)(H,26,28). The summed E-state index contributed by atoms with van der Waals surface area (Å²) in [5.41, 5.74) is 1.27. The van der Waals surface area contributed by atoms with Gasteiger partial charge >= 0.3 is 0 Å². The Labute approximate surface area is 173 Å². The van der Waals surface area contributed by atoms with Crippen LogP contribution in [0.5, 0.6) is 0 Å². The number of hydrogen-bond acceptors (Lipinski definition) is 4. The number of carbonyl (C=O) groups is 1. The van der Waals surface area contributed by atoms with E-state index in [2.05, 4.69) is 15.5 Å². The summed E-state index contributed by atoms with van der Waals surface area (Å²) in [7, 11) is 0. The zero-order chi connectivity index (χ0) is 20.3. The Morgan fingerprint density at radius 1 is 1.10 bits per heavy atom. The number of nitrogens with zero attached hydrogens (tertiary/aromatic N) is 1. The normalized spacial score (nSPS) is 15.9. The minimum Gasteiger partial charge on any atom is -0.381 e. The molecule has 0 radical (unpaired) electrons. The van der Waals surface area contributed by atoms with Crippen molar-refractivity contribution in [3.8, 4) is 0 Å². The molecule has 1 aliphatic heterocycles.